The Kier molecular flexibility index (Phi) is 4.68. The molecule has 2 amide bonds. The lowest BCUT2D eigenvalue weighted by Gasteiger charge is -2.20. The summed E-state index contributed by atoms with van der Waals surface area (Å²) in [6, 6.07) is 6.11. The molecule has 9 heteroatoms. The number of carbonyl (C=O) groups excluding carboxylic acids is 2. The average Bonchev–Trinajstić information content (AvgIpc) is 3.30. The average molecular weight is 385 g/mol. The van der Waals surface area contributed by atoms with Crippen LogP contribution in [0.3, 0.4) is 0 Å². The van der Waals surface area contributed by atoms with Gasteiger partial charge < -0.3 is 10.2 Å². The third-order valence-corrected chi connectivity index (χ3v) is 5.31. The van der Waals surface area contributed by atoms with Crippen molar-refractivity contribution >= 4 is 28.8 Å². The normalized spacial score (nSPS) is 14.0. The van der Waals surface area contributed by atoms with Gasteiger partial charge in [0.25, 0.3) is 5.91 Å². The highest BCUT2D eigenvalue weighted by Gasteiger charge is 2.25. The van der Waals surface area contributed by atoms with Crippen molar-refractivity contribution in [2.75, 3.05) is 18.4 Å². The summed E-state index contributed by atoms with van der Waals surface area (Å²) in [5.41, 5.74) is 1.23. The van der Waals surface area contributed by atoms with Gasteiger partial charge in [-0.2, -0.15) is 5.10 Å². The molecule has 7 nitrogen and oxygen atoms in total. The second-order valence-corrected chi connectivity index (χ2v) is 7.14. The molecule has 1 aliphatic rings. The van der Waals surface area contributed by atoms with Crippen LogP contribution in [0.4, 0.5) is 10.1 Å². The quantitative estimate of drug-likeness (QED) is 0.748. The number of hydrogen-bond acceptors (Lipinski definition) is 5. The first-order chi connectivity index (χ1) is 13.1. The van der Waals surface area contributed by atoms with Crippen molar-refractivity contribution in [2.45, 2.75) is 12.8 Å². The summed E-state index contributed by atoms with van der Waals surface area (Å²) in [5.74, 6) is -1.03. The summed E-state index contributed by atoms with van der Waals surface area (Å²) in [6.45, 7) is 0.452. The second kappa shape index (κ2) is 7.28. The molecule has 1 aliphatic heterocycles. The zero-order valence-electron chi connectivity index (χ0n) is 14.3. The molecule has 0 aliphatic carbocycles. The molecule has 3 heterocycles. The van der Waals surface area contributed by atoms with Crippen LogP contribution in [0.15, 0.2) is 42.3 Å². The van der Waals surface area contributed by atoms with Crippen molar-refractivity contribution in [3.05, 3.63) is 58.6 Å². The van der Waals surface area contributed by atoms with Gasteiger partial charge in [0.2, 0.25) is 5.91 Å². The fourth-order valence-corrected chi connectivity index (χ4v) is 3.97. The van der Waals surface area contributed by atoms with Crippen LogP contribution in [-0.2, 0) is 11.2 Å². The van der Waals surface area contributed by atoms with Gasteiger partial charge in [-0.3, -0.25) is 9.59 Å². The van der Waals surface area contributed by atoms with Crippen LogP contribution in [0, 0.1) is 5.82 Å². The van der Waals surface area contributed by atoms with E-state index in [2.05, 4.69) is 15.4 Å². The lowest BCUT2D eigenvalue weighted by Crippen LogP contribution is -2.37. The zero-order chi connectivity index (χ0) is 18.8. The SMILES string of the molecule is O=C(CN1CCCc2sccc2C1=O)Nc1ccc(-n2cncn2)c(F)c1. The van der Waals surface area contributed by atoms with Gasteiger partial charge in [0.15, 0.2) is 5.82 Å². The van der Waals surface area contributed by atoms with Crippen molar-refractivity contribution in [2.24, 2.45) is 0 Å². The maximum Gasteiger partial charge on any atom is 0.255 e. The van der Waals surface area contributed by atoms with Crippen molar-refractivity contribution in [3.8, 4) is 5.69 Å². The first kappa shape index (κ1) is 17.3. The number of aromatic nitrogens is 3. The van der Waals surface area contributed by atoms with E-state index in [0.717, 1.165) is 17.7 Å². The summed E-state index contributed by atoms with van der Waals surface area (Å²) in [5, 5.41) is 8.42. The number of anilines is 1. The molecule has 0 radical (unpaired) electrons. The minimum Gasteiger partial charge on any atom is -0.329 e. The number of amides is 2. The maximum absolute atomic E-state index is 14.3. The highest BCUT2D eigenvalue weighted by Crippen LogP contribution is 2.24. The van der Waals surface area contributed by atoms with Crippen molar-refractivity contribution in [1.29, 1.82) is 0 Å². The van der Waals surface area contributed by atoms with E-state index in [0.29, 0.717) is 17.8 Å². The first-order valence-corrected chi connectivity index (χ1v) is 9.30. The number of nitrogens with zero attached hydrogens (tertiary/aromatic N) is 4. The van der Waals surface area contributed by atoms with Gasteiger partial charge in [-0.05, 0) is 42.5 Å². The number of halogens is 1. The van der Waals surface area contributed by atoms with Gasteiger partial charge in [-0.25, -0.2) is 14.1 Å². The van der Waals surface area contributed by atoms with Crippen LogP contribution in [0.1, 0.15) is 21.7 Å². The van der Waals surface area contributed by atoms with E-state index in [1.54, 1.807) is 23.5 Å². The fourth-order valence-electron chi connectivity index (χ4n) is 3.05. The first-order valence-electron chi connectivity index (χ1n) is 8.42. The predicted molar refractivity (Wildman–Crippen MR) is 98.5 cm³/mol. The summed E-state index contributed by atoms with van der Waals surface area (Å²) in [6.07, 6.45) is 4.35. The lowest BCUT2D eigenvalue weighted by molar-refractivity contribution is -0.116. The molecule has 4 rings (SSSR count). The van der Waals surface area contributed by atoms with Crippen molar-refractivity contribution < 1.29 is 14.0 Å². The van der Waals surface area contributed by atoms with E-state index < -0.39 is 5.82 Å². The Morgan fingerprint density at radius 2 is 2.22 bits per heavy atom. The number of hydrogen-bond donors (Lipinski definition) is 1. The minimum atomic E-state index is -0.535. The molecule has 1 N–H and O–H groups in total. The molecule has 2 aromatic heterocycles. The van der Waals surface area contributed by atoms with Crippen LogP contribution in [-0.4, -0.2) is 44.6 Å². The minimum absolute atomic E-state index is 0.0689. The Morgan fingerprint density at radius 1 is 1.33 bits per heavy atom. The molecule has 0 atom stereocenters. The third-order valence-electron chi connectivity index (χ3n) is 4.33. The van der Waals surface area contributed by atoms with Gasteiger partial charge >= 0.3 is 0 Å². The van der Waals surface area contributed by atoms with Gasteiger partial charge in [0, 0.05) is 17.1 Å². The van der Waals surface area contributed by atoms with Crippen LogP contribution < -0.4 is 5.32 Å². The predicted octanol–water partition coefficient (Wildman–Crippen LogP) is 2.50. The molecule has 0 saturated heterocycles. The Balaban J connectivity index is 1.44. The molecule has 0 fully saturated rings. The number of aryl methyl sites for hydroxylation is 1. The summed E-state index contributed by atoms with van der Waals surface area (Å²) < 4.78 is 15.6. The van der Waals surface area contributed by atoms with Gasteiger partial charge in [-0.1, -0.05) is 0 Å². The number of rotatable bonds is 4. The standard InChI is InChI=1S/C18H16FN5O2S/c19-14-8-12(3-4-15(14)24-11-20-10-21-24)22-17(25)9-23-6-1-2-16-13(18(23)26)5-7-27-16/h3-5,7-8,10-11H,1-2,6,9H2,(H,22,25). The molecular weight excluding hydrogens is 369 g/mol. The number of nitrogens with one attached hydrogen (secondary N) is 1. The van der Waals surface area contributed by atoms with E-state index in [1.165, 1.54) is 34.4 Å². The second-order valence-electron chi connectivity index (χ2n) is 6.14. The largest absolute Gasteiger partial charge is 0.329 e. The third kappa shape index (κ3) is 3.59. The molecule has 0 bridgehead atoms. The van der Waals surface area contributed by atoms with E-state index in [4.69, 9.17) is 0 Å². The Hall–Kier alpha value is -3.07. The number of fused-ring (bicyclic) bond motifs is 1. The van der Waals surface area contributed by atoms with Crippen LogP contribution in [0.5, 0.6) is 0 Å². The number of carbonyl (C=O) groups is 2. The summed E-state index contributed by atoms with van der Waals surface area (Å²) >= 11 is 1.57. The Bertz CT molecular complexity index is 986. The van der Waals surface area contributed by atoms with E-state index >= 15 is 0 Å². The van der Waals surface area contributed by atoms with Crippen LogP contribution in [0.2, 0.25) is 0 Å². The summed E-state index contributed by atoms with van der Waals surface area (Å²) in [4.78, 5) is 31.3. The highest BCUT2D eigenvalue weighted by molar-refractivity contribution is 7.10. The zero-order valence-corrected chi connectivity index (χ0v) is 15.1. The highest BCUT2D eigenvalue weighted by atomic mass is 32.1. The van der Waals surface area contributed by atoms with Gasteiger partial charge in [-0.15, -0.1) is 11.3 Å². The molecule has 0 unspecified atom stereocenters. The molecule has 27 heavy (non-hydrogen) atoms. The van der Waals surface area contributed by atoms with E-state index in [9.17, 15) is 14.0 Å². The fraction of sp³-hybridized carbons (Fsp3) is 0.222. The van der Waals surface area contributed by atoms with Crippen LogP contribution in [0.25, 0.3) is 5.69 Å². The van der Waals surface area contributed by atoms with Gasteiger partial charge in [0.1, 0.15) is 24.9 Å². The van der Waals surface area contributed by atoms with E-state index in [-0.39, 0.29) is 24.0 Å². The maximum atomic E-state index is 14.3. The summed E-state index contributed by atoms with van der Waals surface area (Å²) in [7, 11) is 0. The smallest absolute Gasteiger partial charge is 0.255 e. The number of benzene rings is 1. The van der Waals surface area contributed by atoms with Crippen LogP contribution >= 0.6 is 11.3 Å². The van der Waals surface area contributed by atoms with E-state index in [1.807, 2.05) is 5.38 Å². The lowest BCUT2D eigenvalue weighted by atomic mass is 10.2. The molecule has 1 aromatic carbocycles. The molecule has 0 saturated carbocycles. The van der Waals surface area contributed by atoms with Gasteiger partial charge in [0.05, 0.1) is 5.56 Å². The van der Waals surface area contributed by atoms with Crippen molar-refractivity contribution in [1.82, 2.24) is 19.7 Å². The Labute approximate surface area is 158 Å². The Morgan fingerprint density at radius 3 is 3.00 bits per heavy atom. The molecule has 138 valence electrons. The van der Waals surface area contributed by atoms with Crippen molar-refractivity contribution in [3.63, 3.8) is 0 Å². The monoisotopic (exact) mass is 385 g/mol. The topological polar surface area (TPSA) is 80.1 Å². The molecular formula is C18H16FN5O2S. The number of thiophene rings is 1. The molecule has 3 aromatic rings. The molecule has 0 spiro atoms.